The third-order valence-corrected chi connectivity index (χ3v) is 6.13. The predicted molar refractivity (Wildman–Crippen MR) is 134 cm³/mol. The Kier molecular flexibility index (Phi) is 6.01. The van der Waals surface area contributed by atoms with Crippen molar-refractivity contribution in [2.75, 3.05) is 7.11 Å². The molecule has 0 saturated heterocycles. The van der Waals surface area contributed by atoms with Crippen LogP contribution in [0.2, 0.25) is 0 Å². The molecule has 2 N–H and O–H groups in total. The van der Waals surface area contributed by atoms with Crippen LogP contribution in [0, 0.1) is 0 Å². The van der Waals surface area contributed by atoms with E-state index in [9.17, 15) is 18.0 Å². The van der Waals surface area contributed by atoms with Gasteiger partial charge in [-0.25, -0.2) is 0 Å². The number of furan rings is 1. The van der Waals surface area contributed by atoms with Crippen LogP contribution in [0.1, 0.15) is 33.3 Å². The fourth-order valence-electron chi connectivity index (χ4n) is 4.25. The van der Waals surface area contributed by atoms with Gasteiger partial charge in [-0.15, -0.1) is 0 Å². The lowest BCUT2D eigenvalue weighted by molar-refractivity contribution is -0.137. The molecule has 1 aliphatic heterocycles. The van der Waals surface area contributed by atoms with Gasteiger partial charge in [0, 0.05) is 0 Å². The number of para-hydroxylation sites is 1. The number of halogens is 3. The summed E-state index contributed by atoms with van der Waals surface area (Å²) in [5, 5.41) is 6.95. The molecule has 3 aromatic carbocycles. The molecule has 0 spiro atoms. The lowest BCUT2D eigenvalue weighted by Gasteiger charge is -2.31. The van der Waals surface area contributed by atoms with E-state index >= 15 is 0 Å². The van der Waals surface area contributed by atoms with Crippen molar-refractivity contribution in [3.05, 3.63) is 107 Å². The first kappa shape index (κ1) is 23.6. The maximum atomic E-state index is 14.1. The molecule has 0 fully saturated rings. The van der Waals surface area contributed by atoms with Gasteiger partial charge >= 0.3 is 6.18 Å². The number of benzene rings is 3. The number of ketones is 1. The second kappa shape index (κ2) is 9.16. The molecule has 5 rings (SSSR count). The summed E-state index contributed by atoms with van der Waals surface area (Å²) < 4.78 is 51.0. The molecule has 36 heavy (non-hydrogen) atoms. The van der Waals surface area contributed by atoms with Crippen LogP contribution >= 0.6 is 12.2 Å². The minimum absolute atomic E-state index is 0.0181. The van der Waals surface area contributed by atoms with E-state index in [1.807, 2.05) is 30.3 Å². The quantitative estimate of drug-likeness (QED) is 0.245. The highest BCUT2D eigenvalue weighted by Crippen LogP contribution is 2.40. The van der Waals surface area contributed by atoms with Crippen molar-refractivity contribution in [2.45, 2.75) is 12.2 Å². The predicted octanol–water partition coefficient (Wildman–Crippen LogP) is 6.27. The van der Waals surface area contributed by atoms with Crippen molar-refractivity contribution in [3.8, 4) is 5.75 Å². The lowest BCUT2D eigenvalue weighted by atomic mass is 9.88. The van der Waals surface area contributed by atoms with Crippen LogP contribution < -0.4 is 15.4 Å². The number of hydrogen-bond acceptors (Lipinski definition) is 4. The average Bonchev–Trinajstić information content (AvgIpc) is 3.26. The molecule has 0 aliphatic carbocycles. The van der Waals surface area contributed by atoms with Gasteiger partial charge in [-0.2, -0.15) is 13.2 Å². The van der Waals surface area contributed by atoms with Crippen molar-refractivity contribution < 1.29 is 27.1 Å². The first-order valence-corrected chi connectivity index (χ1v) is 11.3. The monoisotopic (exact) mass is 508 g/mol. The summed E-state index contributed by atoms with van der Waals surface area (Å²) in [6, 6.07) is 19.9. The third-order valence-electron chi connectivity index (χ3n) is 5.91. The molecule has 2 heterocycles. The van der Waals surface area contributed by atoms with Gasteiger partial charge in [-0.05, 0) is 47.6 Å². The van der Waals surface area contributed by atoms with E-state index in [0.717, 1.165) is 12.1 Å². The number of ether oxygens (including phenoxy) is 1. The molecule has 0 bridgehead atoms. The second-order valence-corrected chi connectivity index (χ2v) is 8.50. The molecule has 5 nitrogen and oxygen atoms in total. The summed E-state index contributed by atoms with van der Waals surface area (Å²) in [7, 11) is 1.44. The summed E-state index contributed by atoms with van der Waals surface area (Å²) >= 11 is 5.41. The number of fused-ring (bicyclic) bond motifs is 1. The minimum atomic E-state index is -4.49. The van der Waals surface area contributed by atoms with E-state index in [-0.39, 0.29) is 22.2 Å². The Bertz CT molecular complexity index is 1490. The Morgan fingerprint density at radius 2 is 1.64 bits per heavy atom. The number of carbonyl (C=O) groups is 1. The first-order valence-electron chi connectivity index (χ1n) is 10.9. The van der Waals surface area contributed by atoms with Crippen molar-refractivity contribution in [1.82, 2.24) is 10.6 Å². The lowest BCUT2D eigenvalue weighted by Crippen LogP contribution is -2.45. The number of carbonyl (C=O) groups excluding carboxylic acids is 1. The van der Waals surface area contributed by atoms with E-state index in [1.165, 1.54) is 19.2 Å². The topological polar surface area (TPSA) is 63.5 Å². The van der Waals surface area contributed by atoms with Crippen molar-refractivity contribution in [1.29, 1.82) is 0 Å². The third kappa shape index (κ3) is 4.22. The zero-order chi connectivity index (χ0) is 25.4. The summed E-state index contributed by atoms with van der Waals surface area (Å²) in [6.45, 7) is 0. The van der Waals surface area contributed by atoms with Crippen LogP contribution in [-0.4, -0.2) is 18.0 Å². The Hall–Kier alpha value is -4.11. The summed E-state index contributed by atoms with van der Waals surface area (Å²) in [5.74, 6) is -0.236. The first-order chi connectivity index (χ1) is 17.3. The molecular weight excluding hydrogens is 489 g/mol. The molecule has 0 saturated carbocycles. The zero-order valence-electron chi connectivity index (χ0n) is 18.8. The fourth-order valence-corrected chi connectivity index (χ4v) is 4.47. The Morgan fingerprint density at radius 1 is 0.972 bits per heavy atom. The summed E-state index contributed by atoms with van der Waals surface area (Å²) in [6.07, 6.45) is -4.49. The Balaban J connectivity index is 1.72. The number of alkyl halides is 3. The van der Waals surface area contributed by atoms with Crippen LogP contribution in [0.3, 0.4) is 0 Å². The zero-order valence-corrected chi connectivity index (χ0v) is 19.7. The molecule has 182 valence electrons. The Labute approximate surface area is 209 Å². The summed E-state index contributed by atoms with van der Waals surface area (Å²) in [5.41, 5.74) is 1.44. The van der Waals surface area contributed by atoms with Crippen molar-refractivity contribution in [3.63, 3.8) is 0 Å². The molecule has 1 aromatic heterocycles. The van der Waals surface area contributed by atoms with Crippen molar-refractivity contribution in [2.24, 2.45) is 0 Å². The van der Waals surface area contributed by atoms with Gasteiger partial charge in [0.1, 0.15) is 5.58 Å². The summed E-state index contributed by atoms with van der Waals surface area (Å²) in [4.78, 5) is 14.1. The highest BCUT2D eigenvalue weighted by molar-refractivity contribution is 7.80. The second-order valence-electron chi connectivity index (χ2n) is 8.10. The molecule has 0 radical (unpaired) electrons. The van der Waals surface area contributed by atoms with E-state index in [0.29, 0.717) is 27.8 Å². The van der Waals surface area contributed by atoms with Crippen LogP contribution in [0.5, 0.6) is 5.75 Å². The largest absolute Gasteiger partial charge is 0.492 e. The number of hydrogen-bond donors (Lipinski definition) is 2. The maximum Gasteiger partial charge on any atom is 0.416 e. The van der Waals surface area contributed by atoms with Gasteiger partial charge in [-0.1, -0.05) is 54.6 Å². The van der Waals surface area contributed by atoms with Gasteiger partial charge in [0.15, 0.2) is 10.9 Å². The average molecular weight is 509 g/mol. The standard InChI is InChI=1S/C27H19F3N2O3S/c1-34-24-18-9-5-6-10-19(18)35-25(24)23(33)20-21(15-7-3-2-4-8-15)31-26(36)32-22(20)16-11-13-17(14-12-16)27(28,29)30/h2-14,22H,1H3,(H2,31,32,36). The minimum Gasteiger partial charge on any atom is -0.492 e. The van der Waals surface area contributed by atoms with E-state index in [1.54, 1.807) is 24.3 Å². The highest BCUT2D eigenvalue weighted by atomic mass is 32.1. The van der Waals surface area contributed by atoms with E-state index in [4.69, 9.17) is 21.4 Å². The molecular formula is C27H19F3N2O3S. The molecule has 4 aromatic rings. The van der Waals surface area contributed by atoms with Gasteiger partial charge in [0.25, 0.3) is 0 Å². The normalized spacial score (nSPS) is 16.0. The van der Waals surface area contributed by atoms with Gasteiger partial charge in [0.05, 0.1) is 35.4 Å². The van der Waals surface area contributed by atoms with Gasteiger partial charge < -0.3 is 19.8 Å². The highest BCUT2D eigenvalue weighted by Gasteiger charge is 2.37. The number of nitrogens with one attached hydrogen (secondary N) is 2. The fraction of sp³-hybridized carbons (Fsp3) is 0.111. The number of rotatable bonds is 5. The molecule has 1 unspecified atom stereocenters. The molecule has 9 heteroatoms. The maximum absolute atomic E-state index is 14.1. The van der Waals surface area contributed by atoms with Crippen LogP contribution in [0.4, 0.5) is 13.2 Å². The number of Topliss-reactive ketones (excluding diaryl/α,β-unsaturated/α-hetero) is 1. The van der Waals surface area contributed by atoms with Crippen LogP contribution in [0.25, 0.3) is 16.7 Å². The van der Waals surface area contributed by atoms with Crippen molar-refractivity contribution >= 4 is 39.8 Å². The smallest absolute Gasteiger partial charge is 0.416 e. The van der Waals surface area contributed by atoms with Crippen LogP contribution in [0.15, 0.2) is 88.9 Å². The molecule has 1 aliphatic rings. The van der Waals surface area contributed by atoms with E-state index < -0.39 is 23.6 Å². The Morgan fingerprint density at radius 3 is 2.31 bits per heavy atom. The van der Waals surface area contributed by atoms with Gasteiger partial charge in [0.2, 0.25) is 11.5 Å². The number of thiocarbonyl (C=S) groups is 1. The number of methoxy groups -OCH3 is 1. The molecule has 0 amide bonds. The van der Waals surface area contributed by atoms with E-state index in [2.05, 4.69) is 10.6 Å². The van der Waals surface area contributed by atoms with Gasteiger partial charge in [-0.3, -0.25) is 4.79 Å². The van der Waals surface area contributed by atoms with Crippen LogP contribution in [-0.2, 0) is 6.18 Å². The SMILES string of the molecule is COc1c(C(=O)C2=C(c3ccccc3)NC(=S)NC2c2ccc(C(F)(F)F)cc2)oc2ccccc12. The molecule has 1 atom stereocenters.